The summed E-state index contributed by atoms with van der Waals surface area (Å²) in [4.78, 5) is 11.0. The molecule has 0 bridgehead atoms. The van der Waals surface area contributed by atoms with Gasteiger partial charge in [-0.3, -0.25) is 0 Å². The first-order chi connectivity index (χ1) is 5.93. The van der Waals surface area contributed by atoms with E-state index in [0.29, 0.717) is 5.57 Å². The van der Waals surface area contributed by atoms with Crippen molar-refractivity contribution < 1.29 is 14.3 Å². The van der Waals surface area contributed by atoms with Crippen LogP contribution in [0.25, 0.3) is 0 Å². The van der Waals surface area contributed by atoms with Gasteiger partial charge in [0, 0.05) is 5.57 Å². The van der Waals surface area contributed by atoms with E-state index in [1.807, 2.05) is 20.8 Å². The third-order valence-electron chi connectivity index (χ3n) is 1.30. The second-order valence-corrected chi connectivity index (χ2v) is 3.37. The summed E-state index contributed by atoms with van der Waals surface area (Å²) in [7, 11) is 0. The maximum absolute atomic E-state index is 11.0. The van der Waals surface area contributed by atoms with Crippen LogP contribution in [-0.2, 0) is 14.3 Å². The summed E-state index contributed by atoms with van der Waals surface area (Å²) in [5.41, 5.74) is 0.414. The standard InChI is InChI=1S/C10H18O3/c1-7(2)10(11)12-6-9(5)13-8(3)4/h8-9H,1,6H2,2-5H3. The normalized spacial score (nSPS) is 12.7. The van der Waals surface area contributed by atoms with Crippen molar-refractivity contribution in [1.29, 1.82) is 0 Å². The molecule has 0 aromatic heterocycles. The van der Waals surface area contributed by atoms with Gasteiger partial charge in [0.25, 0.3) is 0 Å². The predicted octanol–water partition coefficient (Wildman–Crippen LogP) is 1.92. The van der Waals surface area contributed by atoms with Gasteiger partial charge in [-0.05, 0) is 27.7 Å². The summed E-state index contributed by atoms with van der Waals surface area (Å²) < 4.78 is 10.3. The van der Waals surface area contributed by atoms with Crippen LogP contribution in [0, 0.1) is 0 Å². The summed E-state index contributed by atoms with van der Waals surface area (Å²) in [6.07, 6.45) is 0.0850. The Kier molecular flexibility index (Phi) is 5.39. The van der Waals surface area contributed by atoms with Crippen LogP contribution in [0.3, 0.4) is 0 Å². The van der Waals surface area contributed by atoms with E-state index in [1.54, 1.807) is 6.92 Å². The SMILES string of the molecule is C=C(C)C(=O)OCC(C)OC(C)C. The number of esters is 1. The molecule has 0 spiro atoms. The van der Waals surface area contributed by atoms with Gasteiger partial charge in [-0.25, -0.2) is 4.79 Å². The summed E-state index contributed by atoms with van der Waals surface area (Å²) in [6, 6.07) is 0. The molecule has 0 aliphatic rings. The molecule has 0 N–H and O–H groups in total. The van der Waals surface area contributed by atoms with E-state index in [4.69, 9.17) is 9.47 Å². The van der Waals surface area contributed by atoms with Crippen LogP contribution < -0.4 is 0 Å². The van der Waals surface area contributed by atoms with Crippen LogP contribution >= 0.6 is 0 Å². The Labute approximate surface area is 79.7 Å². The molecule has 0 radical (unpaired) electrons. The van der Waals surface area contributed by atoms with Crippen molar-refractivity contribution in [2.45, 2.75) is 39.9 Å². The van der Waals surface area contributed by atoms with Crippen molar-refractivity contribution in [1.82, 2.24) is 0 Å². The van der Waals surface area contributed by atoms with Gasteiger partial charge >= 0.3 is 5.97 Å². The minimum atomic E-state index is -0.362. The van der Waals surface area contributed by atoms with Crippen LogP contribution in [0.4, 0.5) is 0 Å². The molecule has 0 aliphatic carbocycles. The third kappa shape index (κ3) is 6.34. The summed E-state index contributed by atoms with van der Waals surface area (Å²) in [5.74, 6) is -0.362. The lowest BCUT2D eigenvalue weighted by molar-refractivity contribution is -0.143. The lowest BCUT2D eigenvalue weighted by Crippen LogP contribution is -2.22. The molecule has 1 unspecified atom stereocenters. The summed E-state index contributed by atoms with van der Waals surface area (Å²) in [5, 5.41) is 0. The molecule has 0 heterocycles. The quantitative estimate of drug-likeness (QED) is 0.486. The van der Waals surface area contributed by atoms with E-state index in [2.05, 4.69) is 6.58 Å². The van der Waals surface area contributed by atoms with Gasteiger partial charge in [-0.15, -0.1) is 0 Å². The second kappa shape index (κ2) is 5.75. The van der Waals surface area contributed by atoms with E-state index in [1.165, 1.54) is 0 Å². The highest BCUT2D eigenvalue weighted by molar-refractivity contribution is 5.86. The lowest BCUT2D eigenvalue weighted by Gasteiger charge is -2.15. The number of carbonyl (C=O) groups excluding carboxylic acids is 1. The Morgan fingerprint density at radius 1 is 1.38 bits per heavy atom. The zero-order valence-corrected chi connectivity index (χ0v) is 8.79. The molecule has 0 aromatic rings. The first-order valence-electron chi connectivity index (χ1n) is 4.41. The Bertz CT molecular complexity index is 185. The van der Waals surface area contributed by atoms with E-state index in [0.717, 1.165) is 0 Å². The molecule has 1 atom stereocenters. The fraction of sp³-hybridized carbons (Fsp3) is 0.700. The van der Waals surface area contributed by atoms with Gasteiger partial charge in [0.2, 0.25) is 0 Å². The van der Waals surface area contributed by atoms with Crippen molar-refractivity contribution in [3.63, 3.8) is 0 Å². The summed E-state index contributed by atoms with van der Waals surface area (Å²) >= 11 is 0. The molecule has 0 aliphatic heterocycles. The Morgan fingerprint density at radius 2 is 1.92 bits per heavy atom. The highest BCUT2D eigenvalue weighted by Gasteiger charge is 2.08. The number of hydrogen-bond donors (Lipinski definition) is 0. The van der Waals surface area contributed by atoms with Gasteiger partial charge in [0.15, 0.2) is 0 Å². The molecule has 3 heteroatoms. The molecule has 0 saturated carbocycles. The van der Waals surface area contributed by atoms with E-state index in [-0.39, 0.29) is 24.8 Å². The maximum atomic E-state index is 11.0. The monoisotopic (exact) mass is 186 g/mol. The first kappa shape index (κ1) is 12.2. The van der Waals surface area contributed by atoms with Gasteiger partial charge in [0.1, 0.15) is 6.61 Å². The van der Waals surface area contributed by atoms with Crippen molar-refractivity contribution in [3.05, 3.63) is 12.2 Å². The molecule has 0 amide bonds. The minimum absolute atomic E-state index is 0.0664. The van der Waals surface area contributed by atoms with Crippen molar-refractivity contribution in [2.75, 3.05) is 6.61 Å². The highest BCUT2D eigenvalue weighted by Crippen LogP contribution is 1.99. The average molecular weight is 186 g/mol. The van der Waals surface area contributed by atoms with Crippen molar-refractivity contribution in [2.24, 2.45) is 0 Å². The van der Waals surface area contributed by atoms with E-state index >= 15 is 0 Å². The van der Waals surface area contributed by atoms with Gasteiger partial charge in [-0.2, -0.15) is 0 Å². The molecule has 3 nitrogen and oxygen atoms in total. The second-order valence-electron chi connectivity index (χ2n) is 3.37. The highest BCUT2D eigenvalue weighted by atomic mass is 16.6. The molecule has 0 aromatic carbocycles. The predicted molar refractivity (Wildman–Crippen MR) is 51.5 cm³/mol. The lowest BCUT2D eigenvalue weighted by atomic mass is 10.3. The Hall–Kier alpha value is -0.830. The van der Waals surface area contributed by atoms with Gasteiger partial charge in [-0.1, -0.05) is 6.58 Å². The largest absolute Gasteiger partial charge is 0.460 e. The van der Waals surface area contributed by atoms with Crippen LogP contribution in [0.2, 0.25) is 0 Å². The van der Waals surface area contributed by atoms with Crippen LogP contribution in [0.15, 0.2) is 12.2 Å². The molecule has 13 heavy (non-hydrogen) atoms. The Morgan fingerprint density at radius 3 is 2.31 bits per heavy atom. The molecule has 0 saturated heterocycles. The maximum Gasteiger partial charge on any atom is 0.333 e. The number of rotatable bonds is 5. The minimum Gasteiger partial charge on any atom is -0.460 e. The van der Waals surface area contributed by atoms with Crippen LogP contribution in [0.1, 0.15) is 27.7 Å². The van der Waals surface area contributed by atoms with Crippen molar-refractivity contribution in [3.8, 4) is 0 Å². The molecular weight excluding hydrogens is 168 g/mol. The smallest absolute Gasteiger partial charge is 0.333 e. The zero-order valence-electron chi connectivity index (χ0n) is 8.79. The summed E-state index contributed by atoms with van der Waals surface area (Å²) in [6.45, 7) is 11.1. The van der Waals surface area contributed by atoms with Crippen LogP contribution in [-0.4, -0.2) is 24.8 Å². The zero-order chi connectivity index (χ0) is 10.4. The molecule has 0 fully saturated rings. The number of carbonyl (C=O) groups is 1. The molecule has 0 rings (SSSR count). The first-order valence-corrected chi connectivity index (χ1v) is 4.41. The average Bonchev–Trinajstić information content (AvgIpc) is 1.98. The fourth-order valence-corrected chi connectivity index (χ4v) is 0.820. The van der Waals surface area contributed by atoms with Gasteiger partial charge in [0.05, 0.1) is 12.2 Å². The molecule has 76 valence electrons. The number of ether oxygens (including phenoxy) is 2. The fourth-order valence-electron chi connectivity index (χ4n) is 0.820. The van der Waals surface area contributed by atoms with E-state index < -0.39 is 0 Å². The molecular formula is C10H18O3. The van der Waals surface area contributed by atoms with Crippen LogP contribution in [0.5, 0.6) is 0 Å². The Balaban J connectivity index is 3.64. The van der Waals surface area contributed by atoms with E-state index in [9.17, 15) is 4.79 Å². The van der Waals surface area contributed by atoms with Gasteiger partial charge < -0.3 is 9.47 Å². The third-order valence-corrected chi connectivity index (χ3v) is 1.30. The number of hydrogen-bond acceptors (Lipinski definition) is 3. The topological polar surface area (TPSA) is 35.5 Å². The van der Waals surface area contributed by atoms with Crippen molar-refractivity contribution >= 4 is 5.97 Å².